The molecule has 27 heavy (non-hydrogen) atoms. The third kappa shape index (κ3) is 5.82. The van der Waals surface area contributed by atoms with Crippen LogP contribution in [0.3, 0.4) is 0 Å². The molecule has 2 heterocycles. The fourth-order valence-electron chi connectivity index (χ4n) is 4.00. The Morgan fingerprint density at radius 1 is 1.04 bits per heavy atom. The fraction of sp³-hybridized carbons (Fsp3) is 0.900. The van der Waals surface area contributed by atoms with Gasteiger partial charge in [0.2, 0.25) is 5.91 Å². The number of likely N-dealkylation sites (N-methyl/N-ethyl adjacent to an activating group) is 1. The van der Waals surface area contributed by atoms with E-state index in [0.717, 1.165) is 38.2 Å². The lowest BCUT2D eigenvalue weighted by molar-refractivity contribution is -0.127. The van der Waals surface area contributed by atoms with Crippen molar-refractivity contribution >= 4 is 11.9 Å². The van der Waals surface area contributed by atoms with Gasteiger partial charge in [0.1, 0.15) is 6.54 Å². The smallest absolute Gasteiger partial charge is 0.243 e. The maximum Gasteiger partial charge on any atom is 0.243 e. The summed E-state index contributed by atoms with van der Waals surface area (Å²) in [5.41, 5.74) is 0. The molecule has 7 heteroatoms. The number of rotatable bonds is 5. The SMILES string of the molecule is CC(C)N1CCC(N2CCN(C(=NCC(=O)N(C)C)NC3CC3)CC2)CC1. The van der Waals surface area contributed by atoms with Crippen LogP contribution in [0.4, 0.5) is 0 Å². The number of piperazine rings is 1. The Kier molecular flexibility index (Phi) is 6.98. The second-order valence-electron chi connectivity index (χ2n) is 8.73. The molecular weight excluding hydrogens is 340 g/mol. The second kappa shape index (κ2) is 9.24. The predicted octanol–water partition coefficient (Wildman–Crippen LogP) is 0.673. The van der Waals surface area contributed by atoms with Gasteiger partial charge in [0.05, 0.1) is 0 Å². The third-order valence-electron chi connectivity index (χ3n) is 6.13. The highest BCUT2D eigenvalue weighted by Crippen LogP contribution is 2.21. The average Bonchev–Trinajstić information content (AvgIpc) is 3.49. The Morgan fingerprint density at radius 3 is 2.19 bits per heavy atom. The molecule has 3 aliphatic rings. The molecule has 1 aliphatic carbocycles. The molecule has 1 N–H and O–H groups in total. The van der Waals surface area contributed by atoms with Gasteiger partial charge in [-0.2, -0.15) is 0 Å². The van der Waals surface area contributed by atoms with Crippen LogP contribution in [-0.4, -0.2) is 110 Å². The van der Waals surface area contributed by atoms with Crippen molar-refractivity contribution < 1.29 is 4.79 Å². The summed E-state index contributed by atoms with van der Waals surface area (Å²) in [7, 11) is 3.57. The monoisotopic (exact) mass is 378 g/mol. The van der Waals surface area contributed by atoms with Gasteiger partial charge in [-0.25, -0.2) is 4.99 Å². The molecular formula is C20H38N6O. The Morgan fingerprint density at radius 2 is 1.67 bits per heavy atom. The highest BCUT2D eigenvalue weighted by molar-refractivity contribution is 5.85. The summed E-state index contributed by atoms with van der Waals surface area (Å²) in [6.07, 6.45) is 5.01. The Labute approximate surface area is 164 Å². The molecule has 0 aromatic carbocycles. The number of hydrogen-bond acceptors (Lipinski definition) is 4. The lowest BCUT2D eigenvalue weighted by Crippen LogP contribution is -2.57. The molecule has 0 atom stereocenters. The molecule has 154 valence electrons. The zero-order valence-corrected chi connectivity index (χ0v) is 17.7. The Balaban J connectivity index is 1.50. The van der Waals surface area contributed by atoms with Crippen LogP contribution in [0.15, 0.2) is 4.99 Å². The summed E-state index contributed by atoms with van der Waals surface area (Å²) < 4.78 is 0. The zero-order chi connectivity index (χ0) is 19.4. The normalized spacial score (nSPS) is 23.7. The molecule has 0 radical (unpaired) electrons. The van der Waals surface area contributed by atoms with Gasteiger partial charge in [-0.3, -0.25) is 9.69 Å². The molecule has 2 aliphatic heterocycles. The van der Waals surface area contributed by atoms with E-state index in [-0.39, 0.29) is 12.5 Å². The van der Waals surface area contributed by atoms with Crippen LogP contribution in [-0.2, 0) is 4.79 Å². The first-order valence-corrected chi connectivity index (χ1v) is 10.7. The largest absolute Gasteiger partial charge is 0.353 e. The first-order valence-electron chi connectivity index (χ1n) is 10.7. The minimum Gasteiger partial charge on any atom is -0.353 e. The van der Waals surface area contributed by atoms with Crippen molar-refractivity contribution in [3.05, 3.63) is 0 Å². The van der Waals surface area contributed by atoms with Gasteiger partial charge in [-0.05, 0) is 52.6 Å². The first kappa shape index (κ1) is 20.4. The van der Waals surface area contributed by atoms with E-state index in [1.54, 1.807) is 19.0 Å². The molecule has 1 saturated carbocycles. The summed E-state index contributed by atoms with van der Waals surface area (Å²) in [6.45, 7) is 11.5. The summed E-state index contributed by atoms with van der Waals surface area (Å²) >= 11 is 0. The van der Waals surface area contributed by atoms with E-state index in [1.165, 1.54) is 38.8 Å². The molecule has 0 bridgehead atoms. The number of nitrogens with one attached hydrogen (secondary N) is 1. The lowest BCUT2D eigenvalue weighted by Gasteiger charge is -2.44. The number of likely N-dealkylation sites (tertiary alicyclic amines) is 1. The van der Waals surface area contributed by atoms with Gasteiger partial charge in [-0.15, -0.1) is 0 Å². The van der Waals surface area contributed by atoms with Crippen LogP contribution < -0.4 is 5.32 Å². The molecule has 0 aromatic rings. The van der Waals surface area contributed by atoms with Crippen LogP contribution >= 0.6 is 0 Å². The van der Waals surface area contributed by atoms with Crippen LogP contribution in [0.1, 0.15) is 39.5 Å². The standard InChI is InChI=1S/C20H38N6O/c1-16(2)24-9-7-18(8-10-24)25-11-13-26(14-12-25)20(22-17-5-6-17)21-15-19(27)23(3)4/h16-18H,5-15H2,1-4H3,(H,21,22). The van der Waals surface area contributed by atoms with Gasteiger partial charge in [-0.1, -0.05) is 0 Å². The molecule has 0 spiro atoms. The van der Waals surface area contributed by atoms with Crippen molar-refractivity contribution in [1.29, 1.82) is 0 Å². The molecule has 2 saturated heterocycles. The average molecular weight is 379 g/mol. The first-order chi connectivity index (χ1) is 12.9. The number of nitrogens with zero attached hydrogens (tertiary/aromatic N) is 5. The van der Waals surface area contributed by atoms with E-state index in [0.29, 0.717) is 12.1 Å². The minimum atomic E-state index is 0.0562. The molecule has 7 nitrogen and oxygen atoms in total. The van der Waals surface area contributed by atoms with Crippen LogP contribution in [0.5, 0.6) is 0 Å². The Bertz CT molecular complexity index is 515. The zero-order valence-electron chi connectivity index (χ0n) is 17.7. The predicted molar refractivity (Wildman–Crippen MR) is 110 cm³/mol. The minimum absolute atomic E-state index is 0.0562. The fourth-order valence-corrected chi connectivity index (χ4v) is 4.00. The van der Waals surface area contributed by atoms with Gasteiger partial charge in [0.25, 0.3) is 0 Å². The maximum absolute atomic E-state index is 11.9. The second-order valence-corrected chi connectivity index (χ2v) is 8.73. The van der Waals surface area contributed by atoms with Gasteiger partial charge in [0.15, 0.2) is 5.96 Å². The number of carbonyl (C=O) groups excluding carboxylic acids is 1. The third-order valence-corrected chi connectivity index (χ3v) is 6.13. The van der Waals surface area contributed by atoms with Crippen molar-refractivity contribution in [3.63, 3.8) is 0 Å². The van der Waals surface area contributed by atoms with Gasteiger partial charge >= 0.3 is 0 Å². The quantitative estimate of drug-likeness (QED) is 0.563. The molecule has 0 unspecified atom stereocenters. The highest BCUT2D eigenvalue weighted by Gasteiger charge is 2.30. The van der Waals surface area contributed by atoms with Crippen LogP contribution in [0.25, 0.3) is 0 Å². The van der Waals surface area contributed by atoms with Gasteiger partial charge in [0, 0.05) is 58.4 Å². The molecule has 3 fully saturated rings. The van der Waals surface area contributed by atoms with Crippen molar-refractivity contribution in [2.24, 2.45) is 4.99 Å². The molecule has 0 aromatic heterocycles. The van der Waals surface area contributed by atoms with Crippen molar-refractivity contribution in [1.82, 2.24) is 24.9 Å². The van der Waals surface area contributed by atoms with E-state index in [1.807, 2.05) is 0 Å². The lowest BCUT2D eigenvalue weighted by atomic mass is 10.0. The number of piperidine rings is 1. The summed E-state index contributed by atoms with van der Waals surface area (Å²) in [5, 5.41) is 3.55. The number of carbonyl (C=O) groups is 1. The molecule has 1 amide bonds. The number of hydrogen-bond donors (Lipinski definition) is 1. The summed E-state index contributed by atoms with van der Waals surface area (Å²) in [5.74, 6) is 0.989. The van der Waals surface area contributed by atoms with Gasteiger partial charge < -0.3 is 20.0 Å². The van der Waals surface area contributed by atoms with E-state index >= 15 is 0 Å². The maximum atomic E-state index is 11.9. The Hall–Kier alpha value is -1.34. The van der Waals surface area contributed by atoms with Crippen molar-refractivity contribution in [3.8, 4) is 0 Å². The van der Waals surface area contributed by atoms with E-state index in [2.05, 4.69) is 38.9 Å². The highest BCUT2D eigenvalue weighted by atomic mass is 16.2. The van der Waals surface area contributed by atoms with Crippen molar-refractivity contribution in [2.45, 2.75) is 57.7 Å². The number of aliphatic imine (C=N–C) groups is 1. The van der Waals surface area contributed by atoms with E-state index in [4.69, 9.17) is 0 Å². The molecule has 3 rings (SSSR count). The summed E-state index contributed by atoms with van der Waals surface area (Å²) in [6, 6.07) is 1.95. The number of guanidine groups is 1. The van der Waals surface area contributed by atoms with E-state index in [9.17, 15) is 4.79 Å². The van der Waals surface area contributed by atoms with Crippen LogP contribution in [0.2, 0.25) is 0 Å². The van der Waals surface area contributed by atoms with Crippen molar-refractivity contribution in [2.75, 3.05) is 59.9 Å². The van der Waals surface area contributed by atoms with E-state index < -0.39 is 0 Å². The summed E-state index contributed by atoms with van der Waals surface area (Å²) in [4.78, 5) is 25.8. The number of amides is 1. The van der Waals surface area contributed by atoms with Crippen LogP contribution in [0, 0.1) is 0 Å². The topological polar surface area (TPSA) is 54.4 Å².